The van der Waals surface area contributed by atoms with E-state index in [0.717, 1.165) is 23.1 Å². The molecular weight excluding hydrogens is 400 g/mol. The van der Waals surface area contributed by atoms with Crippen LogP contribution >= 0.6 is 27.5 Å². The van der Waals surface area contributed by atoms with Crippen LogP contribution in [0.3, 0.4) is 0 Å². The van der Waals surface area contributed by atoms with Crippen molar-refractivity contribution in [1.29, 1.82) is 0 Å². The van der Waals surface area contributed by atoms with Crippen LogP contribution in [0, 0.1) is 0 Å². The van der Waals surface area contributed by atoms with Crippen molar-refractivity contribution in [3.05, 3.63) is 68.7 Å². The molecular formula is C20H22BrClN2O. The minimum Gasteiger partial charge on any atom is -0.351 e. The van der Waals surface area contributed by atoms with Gasteiger partial charge in [0.25, 0.3) is 0 Å². The van der Waals surface area contributed by atoms with Gasteiger partial charge in [-0.3, -0.25) is 9.69 Å². The predicted molar refractivity (Wildman–Crippen MR) is 106 cm³/mol. The summed E-state index contributed by atoms with van der Waals surface area (Å²) < 4.78 is 1.08. The third kappa shape index (κ3) is 4.43. The predicted octanol–water partition coefficient (Wildman–Crippen LogP) is 4.73. The minimum atomic E-state index is -0.165. The Morgan fingerprint density at radius 1 is 1.32 bits per heavy atom. The monoisotopic (exact) mass is 420 g/mol. The summed E-state index contributed by atoms with van der Waals surface area (Å²) in [6.45, 7) is 6.41. The van der Waals surface area contributed by atoms with Gasteiger partial charge in [0.1, 0.15) is 0 Å². The number of amides is 1. The molecule has 0 bridgehead atoms. The molecule has 3 nitrogen and oxygen atoms in total. The molecule has 1 heterocycles. The Morgan fingerprint density at radius 2 is 2.04 bits per heavy atom. The highest BCUT2D eigenvalue weighted by Crippen LogP contribution is 2.31. The standard InChI is InChI=1S/C20H22BrClN2O/c1-13-11-24(12-16-9-17(21)5-8-19(13)16)14(2)20(25)23-10-15-3-6-18(22)7-4-15/h3-9,13-14H,10-12H2,1-2H3,(H,23,25). The SMILES string of the molecule is CC1CN(C(C)C(=O)NCc2ccc(Cl)cc2)Cc2cc(Br)ccc21. The summed E-state index contributed by atoms with van der Waals surface area (Å²) in [5.41, 5.74) is 3.73. The normalized spacial score (nSPS) is 18.5. The Bertz CT molecular complexity index is 763. The molecule has 1 aliphatic heterocycles. The number of benzene rings is 2. The molecule has 0 saturated heterocycles. The Balaban J connectivity index is 1.63. The van der Waals surface area contributed by atoms with Crippen molar-refractivity contribution in [2.24, 2.45) is 0 Å². The van der Waals surface area contributed by atoms with Crippen LogP contribution in [0.25, 0.3) is 0 Å². The van der Waals surface area contributed by atoms with E-state index in [1.165, 1.54) is 11.1 Å². The molecule has 25 heavy (non-hydrogen) atoms. The lowest BCUT2D eigenvalue weighted by molar-refractivity contribution is -0.126. The average molecular weight is 422 g/mol. The van der Waals surface area contributed by atoms with Gasteiger partial charge in [0.15, 0.2) is 0 Å². The van der Waals surface area contributed by atoms with Gasteiger partial charge in [-0.1, -0.05) is 52.7 Å². The van der Waals surface area contributed by atoms with Gasteiger partial charge >= 0.3 is 0 Å². The van der Waals surface area contributed by atoms with E-state index >= 15 is 0 Å². The first-order valence-corrected chi connectivity index (χ1v) is 9.65. The lowest BCUT2D eigenvalue weighted by Gasteiger charge is -2.36. The summed E-state index contributed by atoms with van der Waals surface area (Å²) in [6.07, 6.45) is 0. The second-order valence-electron chi connectivity index (χ2n) is 6.69. The first-order valence-electron chi connectivity index (χ1n) is 8.48. The Morgan fingerprint density at radius 3 is 2.76 bits per heavy atom. The second-order valence-corrected chi connectivity index (χ2v) is 8.05. The zero-order valence-corrected chi connectivity index (χ0v) is 16.8. The molecule has 1 aliphatic rings. The van der Waals surface area contributed by atoms with Crippen LogP contribution in [0.1, 0.15) is 36.5 Å². The van der Waals surface area contributed by atoms with Gasteiger partial charge in [0.05, 0.1) is 6.04 Å². The first kappa shape index (κ1) is 18.4. The third-order valence-electron chi connectivity index (χ3n) is 4.82. The van der Waals surface area contributed by atoms with Crippen LogP contribution in [-0.2, 0) is 17.9 Å². The number of fused-ring (bicyclic) bond motifs is 1. The fourth-order valence-electron chi connectivity index (χ4n) is 3.33. The summed E-state index contributed by atoms with van der Waals surface area (Å²) in [5, 5.41) is 3.74. The third-order valence-corrected chi connectivity index (χ3v) is 5.57. The lowest BCUT2D eigenvalue weighted by atomic mass is 9.90. The van der Waals surface area contributed by atoms with Crippen LogP contribution in [-0.4, -0.2) is 23.4 Å². The van der Waals surface area contributed by atoms with Crippen molar-refractivity contribution in [2.45, 2.75) is 38.9 Å². The highest BCUT2D eigenvalue weighted by Gasteiger charge is 2.28. The second kappa shape index (κ2) is 7.90. The van der Waals surface area contributed by atoms with Crippen LogP contribution in [0.5, 0.6) is 0 Å². The van der Waals surface area contributed by atoms with E-state index < -0.39 is 0 Å². The van der Waals surface area contributed by atoms with Crippen molar-refractivity contribution in [3.63, 3.8) is 0 Å². The number of carbonyl (C=O) groups excluding carboxylic acids is 1. The molecule has 1 amide bonds. The van der Waals surface area contributed by atoms with Crippen LogP contribution in [0.4, 0.5) is 0 Å². The highest BCUT2D eigenvalue weighted by molar-refractivity contribution is 9.10. The van der Waals surface area contributed by atoms with E-state index in [2.05, 4.69) is 51.3 Å². The summed E-state index contributed by atoms with van der Waals surface area (Å²) in [7, 11) is 0. The smallest absolute Gasteiger partial charge is 0.237 e. The highest BCUT2D eigenvalue weighted by atomic mass is 79.9. The van der Waals surface area contributed by atoms with Crippen LogP contribution in [0.15, 0.2) is 46.9 Å². The largest absolute Gasteiger partial charge is 0.351 e. The maximum atomic E-state index is 12.6. The van der Waals surface area contributed by atoms with Gasteiger partial charge in [0.2, 0.25) is 5.91 Å². The van der Waals surface area contributed by atoms with Crippen molar-refractivity contribution in [2.75, 3.05) is 6.54 Å². The Hall–Kier alpha value is -1.36. The van der Waals surface area contributed by atoms with E-state index in [-0.39, 0.29) is 11.9 Å². The summed E-state index contributed by atoms with van der Waals surface area (Å²) in [5.74, 6) is 0.476. The summed E-state index contributed by atoms with van der Waals surface area (Å²) >= 11 is 9.44. The molecule has 0 saturated carbocycles. The summed E-state index contributed by atoms with van der Waals surface area (Å²) in [6, 6.07) is 13.8. The quantitative estimate of drug-likeness (QED) is 0.774. The van der Waals surface area contributed by atoms with Crippen molar-refractivity contribution in [3.8, 4) is 0 Å². The maximum absolute atomic E-state index is 12.6. The molecule has 2 unspecified atom stereocenters. The fourth-order valence-corrected chi connectivity index (χ4v) is 3.86. The number of hydrogen-bond donors (Lipinski definition) is 1. The maximum Gasteiger partial charge on any atom is 0.237 e. The van der Waals surface area contributed by atoms with Gasteiger partial charge in [-0.25, -0.2) is 0 Å². The molecule has 5 heteroatoms. The van der Waals surface area contributed by atoms with Gasteiger partial charge in [0, 0.05) is 29.1 Å². The lowest BCUT2D eigenvalue weighted by Crippen LogP contribution is -2.47. The molecule has 132 valence electrons. The van der Waals surface area contributed by atoms with Crippen LogP contribution < -0.4 is 5.32 Å². The van der Waals surface area contributed by atoms with Crippen molar-refractivity contribution in [1.82, 2.24) is 10.2 Å². The van der Waals surface area contributed by atoms with Crippen molar-refractivity contribution < 1.29 is 4.79 Å². The number of hydrogen-bond acceptors (Lipinski definition) is 2. The molecule has 2 aromatic rings. The van der Waals surface area contributed by atoms with E-state index in [4.69, 9.17) is 11.6 Å². The van der Waals surface area contributed by atoms with Crippen LogP contribution in [0.2, 0.25) is 5.02 Å². The number of nitrogens with one attached hydrogen (secondary N) is 1. The van der Waals surface area contributed by atoms with Gasteiger partial charge in [-0.2, -0.15) is 0 Å². The zero-order valence-electron chi connectivity index (χ0n) is 14.4. The van der Waals surface area contributed by atoms with Gasteiger partial charge < -0.3 is 5.32 Å². The topological polar surface area (TPSA) is 32.3 Å². The Kier molecular flexibility index (Phi) is 5.82. The minimum absolute atomic E-state index is 0.0561. The Labute approximate surface area is 162 Å². The average Bonchev–Trinajstić information content (AvgIpc) is 2.59. The van der Waals surface area contributed by atoms with E-state index in [0.29, 0.717) is 17.5 Å². The molecule has 0 spiro atoms. The van der Waals surface area contributed by atoms with E-state index in [9.17, 15) is 4.79 Å². The fraction of sp³-hybridized carbons (Fsp3) is 0.350. The molecule has 2 atom stereocenters. The molecule has 0 aliphatic carbocycles. The zero-order chi connectivity index (χ0) is 18.0. The molecule has 0 fully saturated rings. The number of carbonyl (C=O) groups is 1. The first-order chi connectivity index (χ1) is 11.9. The van der Waals surface area contributed by atoms with E-state index in [1.54, 1.807) is 0 Å². The number of rotatable bonds is 4. The molecule has 3 rings (SSSR count). The molecule has 0 aromatic heterocycles. The van der Waals surface area contributed by atoms with Crippen molar-refractivity contribution >= 4 is 33.4 Å². The van der Waals surface area contributed by atoms with Gasteiger partial charge in [-0.05, 0) is 53.8 Å². The number of halogens is 2. The number of nitrogens with zero attached hydrogens (tertiary/aromatic N) is 1. The molecule has 1 N–H and O–H groups in total. The molecule has 2 aromatic carbocycles. The molecule has 0 radical (unpaired) electrons. The van der Waals surface area contributed by atoms with E-state index in [1.807, 2.05) is 31.2 Å². The van der Waals surface area contributed by atoms with Gasteiger partial charge in [-0.15, -0.1) is 0 Å². The summed E-state index contributed by atoms with van der Waals surface area (Å²) in [4.78, 5) is 14.8.